The Hall–Kier alpha value is -6.58. The number of likely N-dealkylation sites (tertiary alicyclic amines) is 1. The Kier molecular flexibility index (Phi) is 15.7. The number of para-hydroxylation sites is 1. The van der Waals surface area contributed by atoms with Crippen molar-refractivity contribution in [1.29, 1.82) is 0 Å². The van der Waals surface area contributed by atoms with Gasteiger partial charge < -0.3 is 50.0 Å². The molecule has 8 heterocycles. The third-order valence-electron chi connectivity index (χ3n) is 15.1. The van der Waals surface area contributed by atoms with Crippen molar-refractivity contribution in [2.45, 2.75) is 83.1 Å². The van der Waals surface area contributed by atoms with Crippen molar-refractivity contribution in [3.8, 4) is 39.2 Å². The van der Waals surface area contributed by atoms with Gasteiger partial charge in [0.2, 0.25) is 17.7 Å². The highest BCUT2D eigenvalue weighted by atomic mass is 35.5. The third kappa shape index (κ3) is 11.4. The van der Waals surface area contributed by atoms with Gasteiger partial charge in [0.15, 0.2) is 11.6 Å². The van der Waals surface area contributed by atoms with Gasteiger partial charge in [-0.2, -0.15) is 0 Å². The van der Waals surface area contributed by atoms with E-state index < -0.39 is 18.1 Å². The summed E-state index contributed by atoms with van der Waals surface area (Å²) < 4.78 is 18.0. The average molecular weight is 1060 g/mol. The van der Waals surface area contributed by atoms with E-state index >= 15 is 0 Å². The van der Waals surface area contributed by atoms with Crippen molar-refractivity contribution in [2.75, 3.05) is 87.7 Å². The van der Waals surface area contributed by atoms with E-state index in [9.17, 15) is 19.8 Å². The first-order valence-electron chi connectivity index (χ1n) is 25.8. The van der Waals surface area contributed by atoms with Crippen molar-refractivity contribution in [1.82, 2.24) is 45.3 Å². The lowest BCUT2D eigenvalue weighted by atomic mass is 9.91. The fourth-order valence-electron chi connectivity index (χ4n) is 11.1. The first kappa shape index (κ1) is 51.9. The number of ether oxygens (including phenoxy) is 2. The summed E-state index contributed by atoms with van der Waals surface area (Å²) in [7, 11) is 0. The van der Waals surface area contributed by atoms with Crippen LogP contribution in [0.4, 0.5) is 17.2 Å². The number of β-amino-alcohol motifs (C(OH)–C–C–N with tert-alkyl or cyclic N) is 1. The number of phenolic OH excluding ortho intramolecular Hbond substituents is 1. The number of benzene rings is 2. The molecule has 4 fully saturated rings. The highest BCUT2D eigenvalue weighted by Gasteiger charge is 2.45. The Morgan fingerprint density at radius 1 is 0.920 bits per heavy atom. The van der Waals surface area contributed by atoms with Gasteiger partial charge in [-0.15, -0.1) is 21.5 Å². The molecule has 10 rings (SSSR count). The highest BCUT2D eigenvalue weighted by Crippen LogP contribution is 2.41. The second-order valence-corrected chi connectivity index (χ2v) is 21.6. The maximum absolute atomic E-state index is 14.3. The number of amides is 2. The number of aliphatic hydroxyl groups is 1. The van der Waals surface area contributed by atoms with E-state index in [4.69, 9.17) is 31.3 Å². The molecule has 396 valence electrons. The summed E-state index contributed by atoms with van der Waals surface area (Å²) in [5.74, 6) is -0.430. The zero-order chi connectivity index (χ0) is 52.3. The molecule has 0 aliphatic carbocycles. The summed E-state index contributed by atoms with van der Waals surface area (Å²) in [6.45, 7) is 14.9. The Labute approximate surface area is 445 Å². The molecule has 2 bridgehead atoms. The van der Waals surface area contributed by atoms with Crippen LogP contribution in [0.5, 0.6) is 17.5 Å². The number of nitrogens with one attached hydrogen (secondary N) is 1. The lowest BCUT2D eigenvalue weighted by molar-refractivity contribution is -0.141. The number of carbonyl (C=O) groups is 2. The van der Waals surface area contributed by atoms with E-state index in [1.807, 2.05) is 87.9 Å². The van der Waals surface area contributed by atoms with Crippen molar-refractivity contribution in [3.63, 3.8) is 0 Å². The van der Waals surface area contributed by atoms with Gasteiger partial charge in [-0.1, -0.05) is 61.8 Å². The number of piperazine rings is 2. The monoisotopic (exact) mass is 1060 g/mol. The average Bonchev–Trinajstić information content (AvgIpc) is 4.20. The number of anilines is 3. The van der Waals surface area contributed by atoms with Gasteiger partial charge in [0.25, 0.3) is 5.88 Å². The number of hydrogen-bond donors (Lipinski definition) is 4. The van der Waals surface area contributed by atoms with E-state index in [2.05, 4.69) is 56.3 Å². The van der Waals surface area contributed by atoms with Gasteiger partial charge in [0, 0.05) is 101 Å². The summed E-state index contributed by atoms with van der Waals surface area (Å²) in [6.07, 6.45) is 3.19. The number of hydrogen-bond acceptors (Lipinski definition) is 18. The number of fused-ring (bicyclic) bond motifs is 2. The number of phenols is 1. The Bertz CT molecular complexity index is 2940. The third-order valence-corrected chi connectivity index (χ3v) is 16.4. The number of aliphatic hydroxyl groups excluding tert-OH is 1. The van der Waals surface area contributed by atoms with Gasteiger partial charge in [0.1, 0.15) is 35.9 Å². The summed E-state index contributed by atoms with van der Waals surface area (Å²) in [5, 5.41) is 37.1. The first-order valence-corrected chi connectivity index (χ1v) is 27.1. The Morgan fingerprint density at radius 3 is 2.31 bits per heavy atom. The van der Waals surface area contributed by atoms with Crippen LogP contribution in [0.25, 0.3) is 21.7 Å². The number of nitrogens with zero attached hydrogens (tertiary/aromatic N) is 10. The largest absolute Gasteiger partial charge is 0.507 e. The summed E-state index contributed by atoms with van der Waals surface area (Å²) in [5.41, 5.74) is 14.3. The van der Waals surface area contributed by atoms with E-state index in [0.717, 1.165) is 91.7 Å². The lowest BCUT2D eigenvalue weighted by Gasteiger charge is -2.43. The van der Waals surface area contributed by atoms with Gasteiger partial charge in [-0.25, -0.2) is 9.97 Å². The summed E-state index contributed by atoms with van der Waals surface area (Å²) >= 11 is 8.43. The summed E-state index contributed by atoms with van der Waals surface area (Å²) in [4.78, 5) is 49.0. The van der Waals surface area contributed by atoms with Crippen LogP contribution in [-0.2, 0) is 9.59 Å². The summed E-state index contributed by atoms with van der Waals surface area (Å²) in [6, 6.07) is 20.5. The number of aromatic hydroxyl groups is 1. The molecule has 0 spiro atoms. The number of rotatable bonds is 18. The molecule has 0 saturated carbocycles. The van der Waals surface area contributed by atoms with Crippen LogP contribution in [0.3, 0.4) is 0 Å². The van der Waals surface area contributed by atoms with Crippen molar-refractivity contribution in [3.05, 3.63) is 100 Å². The predicted octanol–water partition coefficient (Wildman–Crippen LogP) is 6.41. The Balaban J connectivity index is 0.666. The minimum absolute atomic E-state index is 0.00786. The smallest absolute Gasteiger partial charge is 0.273 e. The van der Waals surface area contributed by atoms with Crippen LogP contribution in [0.2, 0.25) is 5.02 Å². The highest BCUT2D eigenvalue weighted by molar-refractivity contribution is 7.13. The molecule has 6 atom stereocenters. The standard InChI is InChI=1S/C54H65ClN12O7S/c1-32(2)47(54(71)66-30-40(68)26-44(66)52(70)59-33(3)35-9-11-36(12-10-35)50-34(4)58-31-75-50)49-48(55)53(62-74-49)73-24-22-64-19-17-63(18-20-64)21-23-72-46-25-37(15-16-57-46)67-38-13-14-39(67)29-65(28-38)43-27-42(60-61-51(43)56)41-7-5-6-8-45(41)69/h5-12,15-16,25,27,31-33,38-40,44,47,68-69H,13-14,17-24,26,28-30H2,1-4H3,(H2,56,61)(H,59,70)/t33?,38?,39?,40-,44+,47?/m1/s1. The maximum atomic E-state index is 14.3. The van der Waals surface area contributed by atoms with E-state index in [0.29, 0.717) is 42.7 Å². The molecule has 4 aliphatic heterocycles. The van der Waals surface area contributed by atoms with Crippen LogP contribution in [0, 0.1) is 12.8 Å². The molecule has 5 N–H and O–H groups in total. The molecule has 4 aliphatic rings. The number of aryl methyl sites for hydroxylation is 1. The zero-order valence-corrected chi connectivity index (χ0v) is 44.3. The minimum atomic E-state index is -0.878. The zero-order valence-electron chi connectivity index (χ0n) is 42.7. The SMILES string of the molecule is Cc1ncsc1-c1ccc(C(C)NC(=O)[C@@H]2C[C@@H](O)CN2C(=O)C(c2onc(OCCN3CCN(CCOc4cc(N5C6CCC5CN(c5cc(-c7ccccc7O)nnc5N)C6)ccn4)CC3)c2Cl)C(C)C)cc1. The van der Waals surface area contributed by atoms with Crippen molar-refractivity contribution in [2.24, 2.45) is 5.92 Å². The van der Waals surface area contributed by atoms with E-state index in [1.54, 1.807) is 23.5 Å². The van der Waals surface area contributed by atoms with Crippen LogP contribution in [0.1, 0.15) is 69.0 Å². The number of thiazole rings is 1. The van der Waals surface area contributed by atoms with Gasteiger partial charge in [0.05, 0.1) is 39.6 Å². The van der Waals surface area contributed by atoms with Gasteiger partial charge in [-0.05, 0) is 73.2 Å². The van der Waals surface area contributed by atoms with Gasteiger partial charge >= 0.3 is 0 Å². The molecular weight excluding hydrogens is 996 g/mol. The van der Waals surface area contributed by atoms with Crippen LogP contribution < -0.4 is 30.3 Å². The van der Waals surface area contributed by atoms with E-state index in [1.165, 1.54) is 4.90 Å². The van der Waals surface area contributed by atoms with Crippen LogP contribution >= 0.6 is 22.9 Å². The molecule has 6 aromatic rings. The number of halogens is 1. The molecule has 21 heteroatoms. The lowest BCUT2D eigenvalue weighted by Crippen LogP contribution is -2.54. The van der Waals surface area contributed by atoms with E-state index in [-0.39, 0.29) is 71.2 Å². The van der Waals surface area contributed by atoms with Crippen LogP contribution in [0.15, 0.2) is 83.0 Å². The fourth-order valence-corrected chi connectivity index (χ4v) is 12.1. The molecule has 19 nitrogen and oxygen atoms in total. The second-order valence-electron chi connectivity index (χ2n) is 20.3. The molecule has 2 amide bonds. The molecule has 4 aromatic heterocycles. The normalized spacial score (nSPS) is 20.9. The topological polar surface area (TPSA) is 225 Å². The molecule has 4 saturated heterocycles. The number of carbonyl (C=O) groups excluding carboxylic acids is 2. The number of nitrogens with two attached hydrogens (primary N) is 1. The first-order chi connectivity index (χ1) is 36.3. The molecule has 2 aromatic carbocycles. The quantitative estimate of drug-likeness (QED) is 0.0730. The number of nitrogen functional groups attached to an aromatic ring is 1. The second kappa shape index (κ2) is 22.7. The van der Waals surface area contributed by atoms with Crippen molar-refractivity contribution < 1.29 is 33.8 Å². The minimum Gasteiger partial charge on any atom is -0.507 e. The molecule has 4 unspecified atom stereocenters. The molecule has 0 radical (unpaired) electrons. The predicted molar refractivity (Wildman–Crippen MR) is 287 cm³/mol. The molecule has 75 heavy (non-hydrogen) atoms. The maximum Gasteiger partial charge on any atom is 0.273 e. The fraction of sp³-hybridized carbons (Fsp3) is 0.463. The van der Waals surface area contributed by atoms with Crippen molar-refractivity contribution >= 4 is 51.9 Å². The number of pyridine rings is 1. The molecular formula is C54H65ClN12O7S. The number of aromatic nitrogens is 5. The van der Waals surface area contributed by atoms with Crippen LogP contribution in [-0.4, -0.2) is 158 Å². The van der Waals surface area contributed by atoms with Gasteiger partial charge in [-0.3, -0.25) is 19.4 Å². The Morgan fingerprint density at radius 2 is 1.63 bits per heavy atom.